The summed E-state index contributed by atoms with van der Waals surface area (Å²) < 4.78 is 0. The highest BCUT2D eigenvalue weighted by Crippen LogP contribution is 2.22. The first-order chi connectivity index (χ1) is 10.4. The molecular formula is C14H16N4O3S. The summed E-state index contributed by atoms with van der Waals surface area (Å²) in [6, 6.07) is 4.42. The molecule has 8 heteroatoms. The molecule has 2 aromatic rings. The second-order valence-electron chi connectivity index (χ2n) is 4.95. The molecule has 0 radical (unpaired) electrons. The molecule has 1 heterocycles. The number of rotatable bonds is 5. The Hall–Kier alpha value is -2.32. The number of hydrogen-bond donors (Lipinski definition) is 2. The molecule has 1 amide bonds. The zero-order valence-electron chi connectivity index (χ0n) is 12.2. The molecule has 116 valence electrons. The number of thiazole rings is 1. The van der Waals surface area contributed by atoms with E-state index in [-0.39, 0.29) is 24.1 Å². The van der Waals surface area contributed by atoms with Crippen molar-refractivity contribution in [3.8, 4) is 0 Å². The zero-order chi connectivity index (χ0) is 16.3. The predicted octanol–water partition coefficient (Wildman–Crippen LogP) is 2.56. The third-order valence-corrected chi connectivity index (χ3v) is 4.08. The number of aryl methyl sites for hydroxylation is 1. The quantitative estimate of drug-likeness (QED) is 0.649. The van der Waals surface area contributed by atoms with Crippen LogP contribution < -0.4 is 11.1 Å². The van der Waals surface area contributed by atoms with Gasteiger partial charge >= 0.3 is 0 Å². The van der Waals surface area contributed by atoms with Crippen LogP contribution in [0.15, 0.2) is 23.6 Å². The summed E-state index contributed by atoms with van der Waals surface area (Å²) in [5, 5.41) is 16.1. The van der Waals surface area contributed by atoms with Gasteiger partial charge in [-0.25, -0.2) is 4.98 Å². The maximum atomic E-state index is 12.0. The molecule has 3 N–H and O–H groups in total. The van der Waals surface area contributed by atoms with Crippen LogP contribution in [0.25, 0.3) is 0 Å². The number of hydrogen-bond acceptors (Lipinski definition) is 6. The largest absolute Gasteiger partial charge is 0.325 e. The number of benzene rings is 1. The average Bonchev–Trinajstić information content (AvgIpc) is 2.89. The van der Waals surface area contributed by atoms with Crippen molar-refractivity contribution in [3.05, 3.63) is 50.0 Å². The third-order valence-electron chi connectivity index (χ3n) is 2.99. The van der Waals surface area contributed by atoms with Gasteiger partial charge in [-0.05, 0) is 19.9 Å². The molecule has 0 aliphatic rings. The van der Waals surface area contributed by atoms with E-state index < -0.39 is 4.92 Å². The minimum Gasteiger partial charge on any atom is -0.325 e. The van der Waals surface area contributed by atoms with Crippen molar-refractivity contribution in [1.82, 2.24) is 4.98 Å². The Balaban J connectivity index is 2.05. The number of nitrogens with one attached hydrogen (secondary N) is 1. The molecule has 1 aromatic heterocycles. The van der Waals surface area contributed by atoms with E-state index in [0.717, 1.165) is 5.01 Å². The van der Waals surface area contributed by atoms with Gasteiger partial charge in [0.25, 0.3) is 5.69 Å². The summed E-state index contributed by atoms with van der Waals surface area (Å²) in [6.07, 6.45) is 0.102. The Bertz CT molecular complexity index is 712. The Morgan fingerprint density at radius 3 is 2.86 bits per heavy atom. The highest BCUT2D eigenvalue weighted by Gasteiger charge is 2.14. The first-order valence-corrected chi connectivity index (χ1v) is 7.49. The number of aromatic nitrogens is 1. The molecule has 22 heavy (non-hydrogen) atoms. The van der Waals surface area contributed by atoms with Crippen molar-refractivity contribution in [1.29, 1.82) is 0 Å². The number of nitrogens with zero attached hydrogens (tertiary/aromatic N) is 2. The van der Waals surface area contributed by atoms with Crippen molar-refractivity contribution >= 4 is 28.6 Å². The van der Waals surface area contributed by atoms with Gasteiger partial charge in [0.05, 0.1) is 23.1 Å². The number of amides is 1. The van der Waals surface area contributed by atoms with Crippen LogP contribution in [0.5, 0.6) is 0 Å². The molecule has 7 nitrogen and oxygen atoms in total. The fourth-order valence-electron chi connectivity index (χ4n) is 1.87. The SMILES string of the molecule is Cc1ccc(NC(=O)Cc2csc(C(C)N)n2)cc1[N+](=O)[O-]. The molecule has 2 rings (SSSR count). The molecule has 0 spiro atoms. The molecule has 1 unspecified atom stereocenters. The normalized spacial score (nSPS) is 12.0. The van der Waals surface area contributed by atoms with E-state index in [1.165, 1.54) is 17.4 Å². The Labute approximate surface area is 131 Å². The van der Waals surface area contributed by atoms with Gasteiger partial charge in [-0.15, -0.1) is 11.3 Å². The van der Waals surface area contributed by atoms with E-state index in [1.807, 2.05) is 6.92 Å². The maximum absolute atomic E-state index is 12.0. The number of carbonyl (C=O) groups excluding carboxylic acids is 1. The van der Waals surface area contributed by atoms with Crippen LogP contribution in [-0.4, -0.2) is 15.8 Å². The van der Waals surface area contributed by atoms with Crippen molar-refractivity contribution in [2.24, 2.45) is 5.73 Å². The standard InChI is InChI=1S/C14H16N4O3S/c1-8-3-4-10(5-12(8)18(20)21)16-13(19)6-11-7-22-14(17-11)9(2)15/h3-5,7,9H,6,15H2,1-2H3,(H,16,19). The predicted molar refractivity (Wildman–Crippen MR) is 84.9 cm³/mol. The fourth-order valence-corrected chi connectivity index (χ4v) is 2.64. The zero-order valence-corrected chi connectivity index (χ0v) is 13.0. The monoisotopic (exact) mass is 320 g/mol. The number of nitro groups is 1. The van der Waals surface area contributed by atoms with Crippen LogP contribution >= 0.6 is 11.3 Å². The number of nitro benzene ring substituents is 1. The smallest absolute Gasteiger partial charge is 0.274 e. The van der Waals surface area contributed by atoms with Gasteiger partial charge < -0.3 is 11.1 Å². The fraction of sp³-hybridized carbons (Fsp3) is 0.286. The lowest BCUT2D eigenvalue weighted by Gasteiger charge is -2.05. The molecule has 0 saturated heterocycles. The lowest BCUT2D eigenvalue weighted by molar-refractivity contribution is -0.385. The molecule has 0 fully saturated rings. The van der Waals surface area contributed by atoms with E-state index in [2.05, 4.69) is 10.3 Å². The van der Waals surface area contributed by atoms with E-state index in [4.69, 9.17) is 5.73 Å². The topological polar surface area (TPSA) is 111 Å². The van der Waals surface area contributed by atoms with E-state index in [1.54, 1.807) is 24.4 Å². The van der Waals surface area contributed by atoms with Gasteiger partial charge in [0.2, 0.25) is 5.91 Å². The molecule has 0 saturated carbocycles. The van der Waals surface area contributed by atoms with Crippen LogP contribution in [-0.2, 0) is 11.2 Å². The van der Waals surface area contributed by atoms with Crippen LogP contribution in [0, 0.1) is 17.0 Å². The highest BCUT2D eigenvalue weighted by molar-refractivity contribution is 7.09. The third kappa shape index (κ3) is 3.86. The Morgan fingerprint density at radius 1 is 1.55 bits per heavy atom. The minimum absolute atomic E-state index is 0.0225. The van der Waals surface area contributed by atoms with Crippen molar-refractivity contribution in [2.75, 3.05) is 5.32 Å². The van der Waals surface area contributed by atoms with E-state index >= 15 is 0 Å². The molecular weight excluding hydrogens is 304 g/mol. The summed E-state index contributed by atoms with van der Waals surface area (Å²) >= 11 is 1.41. The summed E-state index contributed by atoms with van der Waals surface area (Å²) in [6.45, 7) is 3.47. The summed E-state index contributed by atoms with van der Waals surface area (Å²) in [5.41, 5.74) is 7.28. The second-order valence-corrected chi connectivity index (χ2v) is 5.84. The van der Waals surface area contributed by atoms with Gasteiger partial charge in [-0.2, -0.15) is 0 Å². The Kier molecular flexibility index (Phi) is 4.84. The first kappa shape index (κ1) is 16.1. The molecule has 1 atom stereocenters. The highest BCUT2D eigenvalue weighted by atomic mass is 32.1. The van der Waals surface area contributed by atoms with Crippen LogP contribution in [0.1, 0.15) is 29.2 Å². The molecule has 0 bridgehead atoms. The van der Waals surface area contributed by atoms with Crippen LogP contribution in [0.2, 0.25) is 0 Å². The van der Waals surface area contributed by atoms with Crippen molar-refractivity contribution in [3.63, 3.8) is 0 Å². The summed E-state index contributed by atoms with van der Waals surface area (Å²) in [5.74, 6) is -0.278. The van der Waals surface area contributed by atoms with Gasteiger partial charge in [-0.1, -0.05) is 6.07 Å². The summed E-state index contributed by atoms with van der Waals surface area (Å²) in [7, 11) is 0. The van der Waals surface area contributed by atoms with Crippen LogP contribution in [0.4, 0.5) is 11.4 Å². The van der Waals surface area contributed by atoms with Crippen molar-refractivity contribution < 1.29 is 9.72 Å². The van der Waals surface area contributed by atoms with E-state index in [0.29, 0.717) is 16.9 Å². The summed E-state index contributed by atoms with van der Waals surface area (Å²) in [4.78, 5) is 26.7. The van der Waals surface area contributed by atoms with Gasteiger partial charge in [0, 0.05) is 22.7 Å². The molecule has 1 aromatic carbocycles. The van der Waals surface area contributed by atoms with Gasteiger partial charge in [-0.3, -0.25) is 14.9 Å². The minimum atomic E-state index is -0.472. The van der Waals surface area contributed by atoms with Gasteiger partial charge in [0.15, 0.2) is 0 Å². The lowest BCUT2D eigenvalue weighted by atomic mass is 10.2. The number of nitrogens with two attached hydrogens (primary N) is 1. The second kappa shape index (κ2) is 6.63. The lowest BCUT2D eigenvalue weighted by Crippen LogP contribution is -2.15. The molecule has 0 aliphatic heterocycles. The average molecular weight is 320 g/mol. The van der Waals surface area contributed by atoms with Crippen LogP contribution in [0.3, 0.4) is 0 Å². The van der Waals surface area contributed by atoms with Crippen molar-refractivity contribution in [2.45, 2.75) is 26.3 Å². The first-order valence-electron chi connectivity index (χ1n) is 6.61. The van der Waals surface area contributed by atoms with Gasteiger partial charge in [0.1, 0.15) is 5.01 Å². The van der Waals surface area contributed by atoms with E-state index in [9.17, 15) is 14.9 Å². The maximum Gasteiger partial charge on any atom is 0.274 e. The number of anilines is 1. The number of carbonyl (C=O) groups is 1. The molecule has 0 aliphatic carbocycles. The Morgan fingerprint density at radius 2 is 2.27 bits per heavy atom.